The summed E-state index contributed by atoms with van der Waals surface area (Å²) in [5.74, 6) is 0.131. The van der Waals surface area contributed by atoms with E-state index in [1.165, 1.54) is 22.2 Å². The lowest BCUT2D eigenvalue weighted by atomic mass is 9.91. The van der Waals surface area contributed by atoms with Gasteiger partial charge in [0, 0.05) is 34.0 Å². The van der Waals surface area contributed by atoms with E-state index in [9.17, 15) is 4.79 Å². The van der Waals surface area contributed by atoms with Gasteiger partial charge in [-0.15, -0.1) is 0 Å². The Balaban J connectivity index is 1.88. The number of benzene rings is 1. The van der Waals surface area contributed by atoms with Crippen LogP contribution in [0.1, 0.15) is 44.9 Å². The molecule has 2 aromatic rings. The number of para-hydroxylation sites is 1. The summed E-state index contributed by atoms with van der Waals surface area (Å²) in [6.07, 6.45) is 2.31. The van der Waals surface area contributed by atoms with E-state index in [4.69, 9.17) is 0 Å². The smallest absolute Gasteiger partial charge is 0.225 e. The number of hydrogen-bond donors (Lipinski definition) is 2. The Bertz CT molecular complexity index is 687. The summed E-state index contributed by atoms with van der Waals surface area (Å²) in [7, 11) is 0. The Labute approximate surface area is 126 Å². The average molecular weight is 284 g/mol. The molecule has 1 amide bonds. The lowest BCUT2D eigenvalue weighted by Gasteiger charge is -2.22. The molecule has 1 heterocycles. The highest BCUT2D eigenvalue weighted by Crippen LogP contribution is 2.51. The maximum Gasteiger partial charge on any atom is 0.225 e. The minimum atomic E-state index is -0.328. The molecular formula is C18H24N2O. The number of nitrogens with one attached hydrogen (secondary N) is 2. The Kier molecular flexibility index (Phi) is 3.12. The van der Waals surface area contributed by atoms with Crippen molar-refractivity contribution in [2.45, 2.75) is 46.0 Å². The fourth-order valence-electron chi connectivity index (χ4n) is 3.14. The van der Waals surface area contributed by atoms with E-state index in [0.717, 1.165) is 19.4 Å². The zero-order chi connectivity index (χ0) is 15.3. The maximum atomic E-state index is 12.1. The minimum absolute atomic E-state index is 0.130. The molecule has 2 N–H and O–H groups in total. The van der Waals surface area contributed by atoms with Gasteiger partial charge in [-0.3, -0.25) is 4.79 Å². The number of carbonyl (C=O) groups excluding carboxylic acids is 1. The molecule has 0 spiro atoms. The third-order valence-corrected chi connectivity index (χ3v) is 4.55. The van der Waals surface area contributed by atoms with Gasteiger partial charge in [-0.05, 0) is 31.4 Å². The van der Waals surface area contributed by atoms with Crippen LogP contribution in [0.4, 0.5) is 0 Å². The Morgan fingerprint density at radius 3 is 2.57 bits per heavy atom. The van der Waals surface area contributed by atoms with Crippen LogP contribution in [0, 0.1) is 12.3 Å². The van der Waals surface area contributed by atoms with Gasteiger partial charge >= 0.3 is 0 Å². The maximum absolute atomic E-state index is 12.1. The normalized spacial score (nSPS) is 17.0. The van der Waals surface area contributed by atoms with Gasteiger partial charge in [-0.1, -0.05) is 39.0 Å². The molecule has 1 fully saturated rings. The zero-order valence-corrected chi connectivity index (χ0v) is 13.3. The number of fused-ring (bicyclic) bond motifs is 1. The molecule has 1 aromatic heterocycles. The molecular weight excluding hydrogens is 260 g/mol. The first-order valence-corrected chi connectivity index (χ1v) is 7.70. The molecule has 1 aromatic carbocycles. The highest BCUT2D eigenvalue weighted by Gasteiger charge is 2.47. The van der Waals surface area contributed by atoms with E-state index >= 15 is 0 Å². The predicted octanol–water partition coefficient (Wildman–Crippen LogP) is 3.67. The molecule has 3 rings (SSSR count). The molecule has 0 saturated heterocycles. The predicted molar refractivity (Wildman–Crippen MR) is 86.4 cm³/mol. The first-order valence-electron chi connectivity index (χ1n) is 7.70. The molecule has 112 valence electrons. The quantitative estimate of drug-likeness (QED) is 0.887. The SMILES string of the molecule is Cc1[nH]c2ccccc2c1C1(CNC(=O)C(C)(C)C)CC1. The number of amides is 1. The third kappa shape index (κ3) is 2.45. The number of H-pyrrole nitrogens is 1. The lowest BCUT2D eigenvalue weighted by Crippen LogP contribution is -2.39. The van der Waals surface area contributed by atoms with Crippen molar-refractivity contribution >= 4 is 16.8 Å². The van der Waals surface area contributed by atoms with Gasteiger partial charge in [0.25, 0.3) is 0 Å². The summed E-state index contributed by atoms with van der Waals surface area (Å²) in [5, 5.41) is 4.46. The Morgan fingerprint density at radius 2 is 1.95 bits per heavy atom. The van der Waals surface area contributed by atoms with Gasteiger partial charge in [0.1, 0.15) is 0 Å². The summed E-state index contributed by atoms with van der Waals surface area (Å²) in [4.78, 5) is 15.6. The second-order valence-electron chi connectivity index (χ2n) is 7.38. The van der Waals surface area contributed by atoms with E-state index in [1.807, 2.05) is 20.8 Å². The van der Waals surface area contributed by atoms with E-state index in [0.29, 0.717) is 0 Å². The summed E-state index contributed by atoms with van der Waals surface area (Å²) >= 11 is 0. The molecule has 0 unspecified atom stereocenters. The van der Waals surface area contributed by atoms with E-state index in [1.54, 1.807) is 0 Å². The van der Waals surface area contributed by atoms with Crippen LogP contribution in [0.25, 0.3) is 10.9 Å². The van der Waals surface area contributed by atoms with Gasteiger partial charge in [-0.25, -0.2) is 0 Å². The van der Waals surface area contributed by atoms with Crippen molar-refractivity contribution in [2.24, 2.45) is 5.41 Å². The number of rotatable bonds is 3. The van der Waals surface area contributed by atoms with Gasteiger partial charge in [0.2, 0.25) is 5.91 Å². The first-order chi connectivity index (χ1) is 9.83. The Hall–Kier alpha value is -1.77. The van der Waals surface area contributed by atoms with Crippen molar-refractivity contribution in [2.75, 3.05) is 6.54 Å². The second kappa shape index (κ2) is 4.62. The van der Waals surface area contributed by atoms with Crippen LogP contribution >= 0.6 is 0 Å². The van der Waals surface area contributed by atoms with E-state index in [-0.39, 0.29) is 16.7 Å². The third-order valence-electron chi connectivity index (χ3n) is 4.55. The second-order valence-corrected chi connectivity index (χ2v) is 7.38. The number of carbonyl (C=O) groups is 1. The van der Waals surface area contributed by atoms with Crippen molar-refractivity contribution in [3.63, 3.8) is 0 Å². The minimum Gasteiger partial charge on any atom is -0.358 e. The van der Waals surface area contributed by atoms with Crippen molar-refractivity contribution in [1.82, 2.24) is 10.3 Å². The van der Waals surface area contributed by atoms with Gasteiger partial charge in [-0.2, -0.15) is 0 Å². The van der Waals surface area contributed by atoms with Gasteiger partial charge < -0.3 is 10.3 Å². The number of aromatic nitrogens is 1. The molecule has 0 bridgehead atoms. The standard InChI is InChI=1S/C18H24N2O/c1-12-15(13-7-5-6-8-14(13)20-12)18(9-10-18)11-19-16(21)17(2,3)4/h5-8,20H,9-11H2,1-4H3,(H,19,21). The monoisotopic (exact) mass is 284 g/mol. The van der Waals surface area contributed by atoms with Crippen LogP contribution in [0.3, 0.4) is 0 Å². The van der Waals surface area contributed by atoms with Crippen molar-refractivity contribution in [1.29, 1.82) is 0 Å². The molecule has 1 saturated carbocycles. The number of hydrogen-bond acceptors (Lipinski definition) is 1. The summed E-state index contributed by atoms with van der Waals surface area (Å²) in [5.41, 5.74) is 3.63. The van der Waals surface area contributed by atoms with Crippen molar-refractivity contribution in [3.05, 3.63) is 35.5 Å². The van der Waals surface area contributed by atoms with Gasteiger partial charge in [0.15, 0.2) is 0 Å². The molecule has 1 aliphatic carbocycles. The summed E-state index contributed by atoms with van der Waals surface area (Å²) < 4.78 is 0. The van der Waals surface area contributed by atoms with E-state index < -0.39 is 0 Å². The molecule has 0 atom stereocenters. The number of aromatic amines is 1. The summed E-state index contributed by atoms with van der Waals surface area (Å²) in [6.45, 7) is 8.75. The number of aryl methyl sites for hydroxylation is 1. The fourth-order valence-corrected chi connectivity index (χ4v) is 3.14. The van der Waals surface area contributed by atoms with Crippen molar-refractivity contribution in [3.8, 4) is 0 Å². The van der Waals surface area contributed by atoms with Crippen LogP contribution in [-0.4, -0.2) is 17.4 Å². The highest BCUT2D eigenvalue weighted by atomic mass is 16.2. The molecule has 0 aliphatic heterocycles. The van der Waals surface area contributed by atoms with Crippen LogP contribution in [0.2, 0.25) is 0 Å². The van der Waals surface area contributed by atoms with E-state index in [2.05, 4.69) is 41.5 Å². The van der Waals surface area contributed by atoms with Crippen LogP contribution in [0.5, 0.6) is 0 Å². The van der Waals surface area contributed by atoms with Crippen LogP contribution in [-0.2, 0) is 10.2 Å². The van der Waals surface area contributed by atoms with Crippen molar-refractivity contribution < 1.29 is 4.79 Å². The largest absolute Gasteiger partial charge is 0.358 e. The first kappa shape index (κ1) is 14.2. The highest BCUT2D eigenvalue weighted by molar-refractivity contribution is 5.87. The molecule has 0 radical (unpaired) electrons. The van der Waals surface area contributed by atoms with Crippen LogP contribution in [0.15, 0.2) is 24.3 Å². The summed E-state index contributed by atoms with van der Waals surface area (Å²) in [6, 6.07) is 8.45. The fraction of sp³-hybridized carbons (Fsp3) is 0.500. The molecule has 3 nitrogen and oxygen atoms in total. The average Bonchev–Trinajstić information content (AvgIpc) is 3.10. The molecule has 3 heteroatoms. The molecule has 1 aliphatic rings. The van der Waals surface area contributed by atoms with Gasteiger partial charge in [0.05, 0.1) is 0 Å². The molecule has 21 heavy (non-hydrogen) atoms. The topological polar surface area (TPSA) is 44.9 Å². The Morgan fingerprint density at radius 1 is 1.29 bits per heavy atom. The lowest BCUT2D eigenvalue weighted by molar-refractivity contribution is -0.128. The zero-order valence-electron chi connectivity index (χ0n) is 13.3. The van der Waals surface area contributed by atoms with Crippen LogP contribution < -0.4 is 5.32 Å².